The Kier molecular flexibility index (Phi) is 6.47. The van der Waals surface area contributed by atoms with Gasteiger partial charge in [-0.05, 0) is 48.4 Å². The monoisotopic (exact) mass is 475 g/mol. The Hall–Kier alpha value is -3.97. The molecule has 0 unspecified atom stereocenters. The number of carbonyl (C=O) groups excluding carboxylic acids is 4. The van der Waals surface area contributed by atoms with Gasteiger partial charge in [0.25, 0.3) is 23.6 Å². The van der Waals surface area contributed by atoms with Gasteiger partial charge in [-0.15, -0.1) is 0 Å². The van der Waals surface area contributed by atoms with Crippen molar-refractivity contribution in [3.8, 4) is 0 Å². The Labute approximate surface area is 201 Å². The van der Waals surface area contributed by atoms with Gasteiger partial charge in [0.1, 0.15) is 0 Å². The molecular formula is C26H22ClN3O4. The van der Waals surface area contributed by atoms with Gasteiger partial charge in [0, 0.05) is 31.8 Å². The molecular weight excluding hydrogens is 454 g/mol. The lowest BCUT2D eigenvalue weighted by molar-refractivity contribution is 0.0655. The third kappa shape index (κ3) is 4.56. The van der Waals surface area contributed by atoms with E-state index < -0.39 is 11.8 Å². The smallest absolute Gasteiger partial charge is 0.261 e. The number of halogens is 1. The van der Waals surface area contributed by atoms with Crippen molar-refractivity contribution >= 4 is 40.9 Å². The zero-order chi connectivity index (χ0) is 24.4. The van der Waals surface area contributed by atoms with Crippen LogP contribution in [0.1, 0.15) is 47.0 Å². The molecule has 1 N–H and O–H groups in total. The molecule has 0 atom stereocenters. The molecule has 0 bridgehead atoms. The minimum atomic E-state index is -0.512. The molecule has 34 heavy (non-hydrogen) atoms. The molecule has 3 aromatic rings. The first-order valence-electron chi connectivity index (χ1n) is 10.6. The molecule has 0 radical (unpaired) electrons. The Morgan fingerprint density at radius 1 is 0.882 bits per heavy atom. The Balaban J connectivity index is 1.52. The summed E-state index contributed by atoms with van der Waals surface area (Å²) >= 11 is 6.21. The van der Waals surface area contributed by atoms with Crippen molar-refractivity contribution in [1.82, 2.24) is 9.80 Å². The average molecular weight is 476 g/mol. The Morgan fingerprint density at radius 2 is 1.56 bits per heavy atom. The molecule has 4 rings (SSSR count). The summed E-state index contributed by atoms with van der Waals surface area (Å²) in [5, 5.41) is 2.95. The third-order valence-electron chi connectivity index (χ3n) is 5.57. The van der Waals surface area contributed by atoms with Crippen LogP contribution in [-0.2, 0) is 6.42 Å². The number of benzene rings is 3. The molecule has 0 aromatic heterocycles. The van der Waals surface area contributed by atoms with Crippen molar-refractivity contribution in [1.29, 1.82) is 0 Å². The summed E-state index contributed by atoms with van der Waals surface area (Å²) in [6.45, 7) is 0.250. The van der Waals surface area contributed by atoms with Crippen LogP contribution >= 0.6 is 11.6 Å². The van der Waals surface area contributed by atoms with E-state index in [9.17, 15) is 19.2 Å². The number of carbonyl (C=O) groups is 4. The van der Waals surface area contributed by atoms with Gasteiger partial charge in [-0.1, -0.05) is 41.9 Å². The van der Waals surface area contributed by atoms with Crippen LogP contribution < -0.4 is 5.32 Å². The molecule has 1 aliphatic rings. The highest BCUT2D eigenvalue weighted by atomic mass is 35.5. The number of amides is 4. The number of nitrogens with zero attached hydrogens (tertiary/aromatic N) is 2. The second-order valence-corrected chi connectivity index (χ2v) is 8.51. The fourth-order valence-corrected chi connectivity index (χ4v) is 3.89. The molecule has 0 fully saturated rings. The minimum Gasteiger partial charge on any atom is -0.345 e. The highest BCUT2D eigenvalue weighted by Gasteiger charge is 2.35. The largest absolute Gasteiger partial charge is 0.345 e. The number of fused-ring (bicyclic) bond motifs is 1. The summed E-state index contributed by atoms with van der Waals surface area (Å²) < 4.78 is 0. The van der Waals surface area contributed by atoms with Gasteiger partial charge in [0.2, 0.25) is 0 Å². The molecule has 7 nitrogen and oxygen atoms in total. The topological polar surface area (TPSA) is 86.8 Å². The highest BCUT2D eigenvalue weighted by molar-refractivity contribution is 6.34. The molecule has 1 heterocycles. The van der Waals surface area contributed by atoms with Crippen LogP contribution in [0.25, 0.3) is 0 Å². The molecule has 1 aliphatic heterocycles. The van der Waals surface area contributed by atoms with Crippen LogP contribution in [0.3, 0.4) is 0 Å². The third-order valence-corrected chi connectivity index (χ3v) is 5.90. The van der Waals surface area contributed by atoms with Gasteiger partial charge >= 0.3 is 0 Å². The molecule has 0 saturated heterocycles. The molecule has 4 amide bonds. The first-order chi connectivity index (χ1) is 16.3. The standard InChI is InChI=1S/C26H22ClN3O4/c1-29(2)24(32)18-9-11-21(27)22(15-18)28-23(31)17-8-10-19-20(14-17)26(34)30(25(19)33)13-12-16-6-4-3-5-7-16/h3-11,14-15H,12-13H2,1-2H3,(H,28,31). The first kappa shape index (κ1) is 23.2. The van der Waals surface area contributed by atoms with E-state index in [0.29, 0.717) is 12.0 Å². The van der Waals surface area contributed by atoms with E-state index in [1.54, 1.807) is 20.2 Å². The lowest BCUT2D eigenvalue weighted by atomic mass is 10.1. The quantitative estimate of drug-likeness (QED) is 0.543. The van der Waals surface area contributed by atoms with Gasteiger partial charge in [-0.25, -0.2) is 0 Å². The van der Waals surface area contributed by atoms with Crippen LogP contribution in [0.15, 0.2) is 66.7 Å². The van der Waals surface area contributed by atoms with Crippen molar-refractivity contribution in [2.75, 3.05) is 26.0 Å². The highest BCUT2D eigenvalue weighted by Crippen LogP contribution is 2.27. The maximum atomic E-state index is 12.9. The van der Waals surface area contributed by atoms with E-state index in [0.717, 1.165) is 5.56 Å². The number of rotatable bonds is 6. The number of imide groups is 1. The van der Waals surface area contributed by atoms with Gasteiger partial charge < -0.3 is 10.2 Å². The van der Waals surface area contributed by atoms with E-state index in [-0.39, 0.29) is 45.8 Å². The summed E-state index contributed by atoms with van der Waals surface area (Å²) in [6, 6.07) is 18.6. The average Bonchev–Trinajstić information content (AvgIpc) is 3.08. The van der Waals surface area contributed by atoms with Crippen LogP contribution in [0.2, 0.25) is 5.02 Å². The molecule has 0 spiro atoms. The predicted molar refractivity (Wildman–Crippen MR) is 129 cm³/mol. The minimum absolute atomic E-state index is 0.188. The number of hydrogen-bond donors (Lipinski definition) is 1. The van der Waals surface area contributed by atoms with Crippen LogP contribution in [0.4, 0.5) is 5.69 Å². The van der Waals surface area contributed by atoms with Crippen molar-refractivity contribution in [2.24, 2.45) is 0 Å². The van der Waals surface area contributed by atoms with E-state index >= 15 is 0 Å². The van der Waals surface area contributed by atoms with Crippen molar-refractivity contribution in [3.63, 3.8) is 0 Å². The lowest BCUT2D eigenvalue weighted by Crippen LogP contribution is -2.31. The Bertz CT molecular complexity index is 1300. The molecule has 8 heteroatoms. The zero-order valence-corrected chi connectivity index (χ0v) is 19.4. The van der Waals surface area contributed by atoms with Crippen molar-refractivity contribution in [2.45, 2.75) is 6.42 Å². The maximum absolute atomic E-state index is 12.9. The van der Waals surface area contributed by atoms with Crippen LogP contribution in [0.5, 0.6) is 0 Å². The Morgan fingerprint density at radius 3 is 2.26 bits per heavy atom. The van der Waals surface area contributed by atoms with Crippen LogP contribution in [0, 0.1) is 0 Å². The van der Waals surface area contributed by atoms with Crippen molar-refractivity contribution < 1.29 is 19.2 Å². The summed E-state index contributed by atoms with van der Waals surface area (Å²) in [6.07, 6.45) is 0.542. The van der Waals surface area contributed by atoms with Gasteiger partial charge in [-0.3, -0.25) is 24.1 Å². The van der Waals surface area contributed by atoms with Crippen LogP contribution in [-0.4, -0.2) is 54.1 Å². The van der Waals surface area contributed by atoms with Gasteiger partial charge in [0.15, 0.2) is 0 Å². The lowest BCUT2D eigenvalue weighted by Gasteiger charge is -2.13. The number of nitrogens with one attached hydrogen (secondary N) is 1. The second-order valence-electron chi connectivity index (χ2n) is 8.11. The molecule has 3 aromatic carbocycles. The van der Waals surface area contributed by atoms with E-state index in [4.69, 9.17) is 11.6 Å². The first-order valence-corrected chi connectivity index (χ1v) is 11.0. The van der Waals surface area contributed by atoms with E-state index in [1.807, 2.05) is 30.3 Å². The molecule has 0 saturated carbocycles. The summed E-state index contributed by atoms with van der Waals surface area (Å²) in [4.78, 5) is 53.4. The van der Waals surface area contributed by atoms with Gasteiger partial charge in [0.05, 0.1) is 21.8 Å². The molecule has 172 valence electrons. The van der Waals surface area contributed by atoms with E-state index in [2.05, 4.69) is 5.32 Å². The fraction of sp³-hybridized carbons (Fsp3) is 0.154. The normalized spacial score (nSPS) is 12.5. The number of hydrogen-bond acceptors (Lipinski definition) is 4. The number of anilines is 1. The maximum Gasteiger partial charge on any atom is 0.261 e. The fourth-order valence-electron chi connectivity index (χ4n) is 3.73. The van der Waals surface area contributed by atoms with Gasteiger partial charge in [-0.2, -0.15) is 0 Å². The zero-order valence-electron chi connectivity index (χ0n) is 18.7. The summed E-state index contributed by atoms with van der Waals surface area (Å²) in [7, 11) is 3.25. The summed E-state index contributed by atoms with van der Waals surface area (Å²) in [5.41, 5.74) is 2.32. The van der Waals surface area contributed by atoms with E-state index in [1.165, 1.54) is 40.1 Å². The molecule has 0 aliphatic carbocycles. The SMILES string of the molecule is CN(C)C(=O)c1ccc(Cl)c(NC(=O)c2ccc3c(c2)C(=O)N(CCc2ccccc2)C3=O)c1. The summed E-state index contributed by atoms with van der Waals surface area (Å²) in [5.74, 6) is -1.55. The van der Waals surface area contributed by atoms with Crippen molar-refractivity contribution in [3.05, 3.63) is 99.6 Å². The predicted octanol–water partition coefficient (Wildman–Crippen LogP) is 4.13. The second kappa shape index (κ2) is 9.49.